The van der Waals surface area contributed by atoms with Crippen LogP contribution in [0.25, 0.3) is 0 Å². The van der Waals surface area contributed by atoms with Crippen molar-refractivity contribution in [1.82, 2.24) is 9.80 Å². The van der Waals surface area contributed by atoms with E-state index in [0.29, 0.717) is 11.1 Å². The van der Waals surface area contributed by atoms with Crippen molar-refractivity contribution in [1.29, 1.82) is 0 Å². The minimum Gasteiger partial charge on any atom is -0.506 e. The zero-order chi connectivity index (χ0) is 17.4. The van der Waals surface area contributed by atoms with Crippen molar-refractivity contribution >= 4 is 0 Å². The van der Waals surface area contributed by atoms with Crippen molar-refractivity contribution in [2.45, 2.75) is 12.2 Å². The summed E-state index contributed by atoms with van der Waals surface area (Å²) in [5.74, 6) is -0.737. The lowest BCUT2D eigenvalue weighted by Crippen LogP contribution is -2.53. The second-order valence-electron chi connectivity index (χ2n) is 6.37. The molecule has 1 saturated carbocycles. The summed E-state index contributed by atoms with van der Waals surface area (Å²) in [5.41, 5.74) is 1.15. The molecule has 0 spiro atoms. The third-order valence-electron chi connectivity index (χ3n) is 4.54. The molecule has 4 N–H and O–H groups in total. The molecule has 3 aliphatic rings. The third kappa shape index (κ3) is 2.98. The Kier molecular flexibility index (Phi) is 4.26. The number of aliphatic hydroxyl groups excluding tert-OH is 4. The smallest absolute Gasteiger partial charge is 0.138 e. The fourth-order valence-corrected chi connectivity index (χ4v) is 3.05. The molecule has 24 heavy (non-hydrogen) atoms. The van der Waals surface area contributed by atoms with Gasteiger partial charge < -0.3 is 30.2 Å². The topological polar surface area (TPSA) is 87.4 Å². The second kappa shape index (κ2) is 6.22. The third-order valence-corrected chi connectivity index (χ3v) is 4.54. The molecule has 6 nitrogen and oxygen atoms in total. The largest absolute Gasteiger partial charge is 0.506 e. The first kappa shape index (κ1) is 16.4. The first-order valence-corrected chi connectivity index (χ1v) is 7.79. The highest BCUT2D eigenvalue weighted by Gasteiger charge is 2.47. The highest BCUT2D eigenvalue weighted by molar-refractivity contribution is 5.42. The maximum Gasteiger partial charge on any atom is 0.138 e. The van der Waals surface area contributed by atoms with Gasteiger partial charge >= 0.3 is 0 Å². The van der Waals surface area contributed by atoms with Crippen molar-refractivity contribution in [3.8, 4) is 0 Å². The Hall–Kier alpha value is -2.44. The van der Waals surface area contributed by atoms with Crippen LogP contribution in [0.15, 0.2) is 71.8 Å². The molecular formula is C18H22N2O4. The Balaban J connectivity index is 1.74. The quantitative estimate of drug-likeness (QED) is 0.614. The lowest BCUT2D eigenvalue weighted by atomic mass is 9.67. The predicted octanol–water partition coefficient (Wildman–Crippen LogP) is 1.52. The van der Waals surface area contributed by atoms with Gasteiger partial charge in [0.15, 0.2) is 0 Å². The van der Waals surface area contributed by atoms with Gasteiger partial charge in [-0.15, -0.1) is 0 Å². The van der Waals surface area contributed by atoms with Crippen molar-refractivity contribution in [3.05, 3.63) is 71.8 Å². The Labute approximate surface area is 140 Å². The van der Waals surface area contributed by atoms with Crippen LogP contribution in [-0.2, 0) is 0 Å². The van der Waals surface area contributed by atoms with Gasteiger partial charge in [-0.3, -0.25) is 0 Å². The fourth-order valence-electron chi connectivity index (χ4n) is 3.05. The average Bonchev–Trinajstić information content (AvgIpc) is 2.53. The average molecular weight is 330 g/mol. The summed E-state index contributed by atoms with van der Waals surface area (Å²) in [7, 11) is 3.60. The fraction of sp³-hybridized carbons (Fsp3) is 0.333. The van der Waals surface area contributed by atoms with Gasteiger partial charge in [0.25, 0.3) is 0 Å². The summed E-state index contributed by atoms with van der Waals surface area (Å²) < 4.78 is 0. The van der Waals surface area contributed by atoms with Gasteiger partial charge in [0, 0.05) is 61.9 Å². The minimum absolute atomic E-state index is 0.0973. The predicted molar refractivity (Wildman–Crippen MR) is 90.4 cm³/mol. The van der Waals surface area contributed by atoms with E-state index in [1.807, 2.05) is 0 Å². The standard InChI is InChI=1S/C18H22N2O4/c1-19-5-3-11(15(21)9-19)7-13-17(23)14(18(13)24)8-12-4-6-20(2)10-16(12)22/h3-10,13-14,17-18,21-24H,1-2H3. The highest BCUT2D eigenvalue weighted by Crippen LogP contribution is 2.39. The maximum absolute atomic E-state index is 10.4. The van der Waals surface area contributed by atoms with E-state index in [2.05, 4.69) is 0 Å². The van der Waals surface area contributed by atoms with Crippen molar-refractivity contribution in [3.63, 3.8) is 0 Å². The molecule has 1 aliphatic carbocycles. The van der Waals surface area contributed by atoms with E-state index in [9.17, 15) is 20.4 Å². The zero-order valence-corrected chi connectivity index (χ0v) is 13.6. The highest BCUT2D eigenvalue weighted by atomic mass is 16.3. The Morgan fingerprint density at radius 3 is 1.50 bits per heavy atom. The molecule has 0 atom stereocenters. The lowest BCUT2D eigenvalue weighted by molar-refractivity contribution is -0.110. The molecule has 0 bridgehead atoms. The van der Waals surface area contributed by atoms with E-state index in [4.69, 9.17) is 0 Å². The maximum atomic E-state index is 10.4. The van der Waals surface area contributed by atoms with Gasteiger partial charge in [0.05, 0.1) is 12.2 Å². The van der Waals surface area contributed by atoms with E-state index in [-0.39, 0.29) is 11.5 Å². The number of rotatable bonds is 2. The summed E-state index contributed by atoms with van der Waals surface area (Å²) in [4.78, 5) is 3.43. The lowest BCUT2D eigenvalue weighted by Gasteiger charge is -2.44. The van der Waals surface area contributed by atoms with Crippen LogP contribution in [0.4, 0.5) is 0 Å². The van der Waals surface area contributed by atoms with Crippen LogP contribution >= 0.6 is 0 Å². The van der Waals surface area contributed by atoms with Crippen LogP contribution in [0.3, 0.4) is 0 Å². The monoisotopic (exact) mass is 330 g/mol. The molecule has 0 unspecified atom stereocenters. The van der Waals surface area contributed by atoms with Crippen LogP contribution in [0.1, 0.15) is 0 Å². The van der Waals surface area contributed by atoms with Gasteiger partial charge in [0.1, 0.15) is 11.5 Å². The first-order valence-electron chi connectivity index (χ1n) is 7.79. The van der Waals surface area contributed by atoms with Crippen LogP contribution in [-0.4, -0.2) is 56.5 Å². The van der Waals surface area contributed by atoms with E-state index < -0.39 is 24.0 Å². The van der Waals surface area contributed by atoms with Crippen molar-refractivity contribution in [2.24, 2.45) is 11.8 Å². The van der Waals surface area contributed by atoms with Gasteiger partial charge in [0.2, 0.25) is 0 Å². The summed E-state index contributed by atoms with van der Waals surface area (Å²) in [6.45, 7) is 0. The number of hydrogen-bond acceptors (Lipinski definition) is 6. The molecule has 0 amide bonds. The molecule has 2 aliphatic heterocycles. The minimum atomic E-state index is -0.776. The normalized spacial score (nSPS) is 36.0. The molecule has 1 fully saturated rings. The molecule has 0 radical (unpaired) electrons. The van der Waals surface area contributed by atoms with Gasteiger partial charge in [-0.1, -0.05) is 12.2 Å². The van der Waals surface area contributed by atoms with Gasteiger partial charge in [-0.25, -0.2) is 0 Å². The van der Waals surface area contributed by atoms with Crippen LogP contribution < -0.4 is 0 Å². The van der Waals surface area contributed by atoms with E-state index in [1.54, 1.807) is 73.0 Å². The molecule has 2 heterocycles. The van der Waals surface area contributed by atoms with Crippen LogP contribution in [0, 0.1) is 11.8 Å². The van der Waals surface area contributed by atoms with Crippen LogP contribution in [0.5, 0.6) is 0 Å². The molecule has 0 saturated heterocycles. The van der Waals surface area contributed by atoms with E-state index in [1.165, 1.54) is 0 Å². The number of hydrogen-bond donors (Lipinski definition) is 4. The summed E-state index contributed by atoms with van der Waals surface area (Å²) >= 11 is 0. The zero-order valence-electron chi connectivity index (χ0n) is 13.6. The summed E-state index contributed by atoms with van der Waals surface area (Å²) in [6.07, 6.45) is 12.0. The van der Waals surface area contributed by atoms with Crippen molar-refractivity contribution < 1.29 is 20.4 Å². The number of allylic oxidation sites excluding steroid dienone is 2. The molecule has 0 aromatic heterocycles. The Bertz CT molecular complexity index is 634. The van der Waals surface area contributed by atoms with E-state index >= 15 is 0 Å². The summed E-state index contributed by atoms with van der Waals surface area (Å²) in [6, 6.07) is 0. The second-order valence-corrected chi connectivity index (χ2v) is 6.37. The molecule has 0 aromatic rings. The van der Waals surface area contributed by atoms with Gasteiger partial charge in [-0.05, 0) is 12.2 Å². The molecule has 6 heteroatoms. The molecule has 128 valence electrons. The van der Waals surface area contributed by atoms with E-state index in [0.717, 1.165) is 0 Å². The molecule has 3 rings (SSSR count). The number of nitrogens with zero attached hydrogens (tertiary/aromatic N) is 2. The molecular weight excluding hydrogens is 308 g/mol. The number of aliphatic hydroxyl groups is 4. The Morgan fingerprint density at radius 1 is 0.792 bits per heavy atom. The van der Waals surface area contributed by atoms with Crippen molar-refractivity contribution in [2.75, 3.05) is 14.1 Å². The first-order chi connectivity index (χ1) is 11.4. The Morgan fingerprint density at radius 2 is 1.17 bits per heavy atom. The van der Waals surface area contributed by atoms with Gasteiger partial charge in [-0.2, -0.15) is 0 Å². The SMILES string of the molecule is CN1C=CC(=CC2C(O)C(C=C3C=CN(C)C=C3O)C2O)C(O)=C1. The molecule has 0 aromatic carbocycles. The summed E-state index contributed by atoms with van der Waals surface area (Å²) in [5, 5.41) is 40.6. The van der Waals surface area contributed by atoms with Crippen LogP contribution in [0.2, 0.25) is 0 Å².